The lowest BCUT2D eigenvalue weighted by molar-refractivity contribution is 0.115. The van der Waals surface area contributed by atoms with E-state index in [1.165, 1.54) is 16.3 Å². The van der Waals surface area contributed by atoms with E-state index >= 15 is 0 Å². The van der Waals surface area contributed by atoms with Gasteiger partial charge in [-0.15, -0.1) is 11.3 Å². The molecule has 2 heterocycles. The van der Waals surface area contributed by atoms with Crippen molar-refractivity contribution in [2.45, 2.75) is 32.4 Å². The quantitative estimate of drug-likeness (QED) is 0.896. The monoisotopic (exact) mass is 282 g/mol. The van der Waals surface area contributed by atoms with E-state index in [9.17, 15) is 0 Å². The van der Waals surface area contributed by atoms with Gasteiger partial charge >= 0.3 is 0 Å². The lowest BCUT2D eigenvalue weighted by atomic mass is 10.2. The second kappa shape index (κ2) is 6.79. The molecular weight excluding hydrogens is 256 g/mol. The highest BCUT2D eigenvalue weighted by molar-refractivity contribution is 7.11. The Hall–Kier alpha value is -0.490. The maximum Gasteiger partial charge on any atom is 0.111 e. The summed E-state index contributed by atoms with van der Waals surface area (Å²) in [7, 11) is 4.40. The van der Waals surface area contributed by atoms with Crippen LogP contribution in [0.15, 0.2) is 6.20 Å². The number of nitrogens with one attached hydrogen (secondary N) is 1. The zero-order valence-corrected chi connectivity index (χ0v) is 13.3. The molecule has 108 valence electrons. The van der Waals surface area contributed by atoms with Crippen molar-refractivity contribution in [3.05, 3.63) is 16.1 Å². The van der Waals surface area contributed by atoms with Gasteiger partial charge in [0.2, 0.25) is 0 Å². The van der Waals surface area contributed by atoms with Crippen LogP contribution in [0.2, 0.25) is 0 Å². The molecular formula is C14H26N4S. The van der Waals surface area contributed by atoms with E-state index in [-0.39, 0.29) is 0 Å². The van der Waals surface area contributed by atoms with E-state index in [2.05, 4.69) is 54.2 Å². The molecule has 0 bridgehead atoms. The van der Waals surface area contributed by atoms with Gasteiger partial charge in [-0.25, -0.2) is 4.98 Å². The molecule has 1 aliphatic heterocycles. The Morgan fingerprint density at radius 3 is 3.00 bits per heavy atom. The minimum atomic E-state index is 0.415. The molecule has 1 aromatic rings. The molecule has 4 nitrogen and oxygen atoms in total. The first kappa shape index (κ1) is 14.9. The number of likely N-dealkylation sites (N-methyl/N-ethyl adjacent to an activating group) is 2. The average molecular weight is 282 g/mol. The lowest BCUT2D eigenvalue weighted by Crippen LogP contribution is -2.44. The third kappa shape index (κ3) is 3.75. The van der Waals surface area contributed by atoms with E-state index < -0.39 is 0 Å². The summed E-state index contributed by atoms with van der Waals surface area (Å²) in [4.78, 5) is 10.8. The van der Waals surface area contributed by atoms with Crippen molar-refractivity contribution >= 4 is 11.3 Å². The molecule has 2 unspecified atom stereocenters. The summed E-state index contributed by atoms with van der Waals surface area (Å²) in [5.41, 5.74) is 0. The lowest BCUT2D eigenvalue weighted by Gasteiger charge is -2.36. The smallest absolute Gasteiger partial charge is 0.111 e. The number of aromatic nitrogens is 1. The van der Waals surface area contributed by atoms with Crippen LogP contribution < -0.4 is 5.32 Å². The van der Waals surface area contributed by atoms with Gasteiger partial charge in [0.25, 0.3) is 0 Å². The molecule has 2 rings (SSSR count). The highest BCUT2D eigenvalue weighted by atomic mass is 32.1. The fourth-order valence-corrected chi connectivity index (χ4v) is 3.50. The van der Waals surface area contributed by atoms with Gasteiger partial charge in [0.15, 0.2) is 0 Å². The first-order chi connectivity index (χ1) is 9.11. The van der Waals surface area contributed by atoms with Gasteiger partial charge in [0.1, 0.15) is 5.01 Å². The fourth-order valence-electron chi connectivity index (χ4n) is 2.39. The van der Waals surface area contributed by atoms with Crippen LogP contribution in [0.25, 0.3) is 0 Å². The molecule has 0 aliphatic carbocycles. The summed E-state index contributed by atoms with van der Waals surface area (Å²) in [6, 6.07) is 0.869. The summed E-state index contributed by atoms with van der Waals surface area (Å²) >= 11 is 1.86. The molecule has 5 heteroatoms. The van der Waals surface area contributed by atoms with Crippen LogP contribution in [0.5, 0.6) is 0 Å². The molecule has 2 atom stereocenters. The third-order valence-corrected chi connectivity index (χ3v) is 5.09. The summed E-state index contributed by atoms with van der Waals surface area (Å²) in [5.74, 6) is 0. The van der Waals surface area contributed by atoms with Gasteiger partial charge in [0.05, 0.1) is 6.04 Å². The zero-order valence-electron chi connectivity index (χ0n) is 12.5. The van der Waals surface area contributed by atoms with E-state index in [1.807, 2.05) is 11.3 Å². The Kier molecular flexibility index (Phi) is 5.33. The third-order valence-electron chi connectivity index (χ3n) is 3.80. The van der Waals surface area contributed by atoms with Crippen LogP contribution in [0, 0.1) is 0 Å². The molecule has 1 N–H and O–H groups in total. The van der Waals surface area contributed by atoms with Gasteiger partial charge in [-0.1, -0.05) is 6.92 Å². The highest BCUT2D eigenvalue weighted by Crippen LogP contribution is 2.29. The predicted octanol–water partition coefficient (Wildman–Crippen LogP) is 2.12. The number of thiazole rings is 1. The van der Waals surface area contributed by atoms with Crippen molar-refractivity contribution in [1.82, 2.24) is 20.1 Å². The Labute approximate surface area is 120 Å². The molecule has 1 saturated heterocycles. The standard InChI is InChI=1S/C14H26N4S/c1-5-6-15-11(2)13-9-16-14(19-13)12-10-17(3)7-8-18(12)4/h9,11-12,15H,5-8,10H2,1-4H3. The number of rotatable bonds is 5. The normalized spacial score (nSPS) is 23.7. The van der Waals surface area contributed by atoms with Gasteiger partial charge in [-0.3, -0.25) is 4.90 Å². The Bertz CT molecular complexity index is 393. The molecule has 0 spiro atoms. The largest absolute Gasteiger partial charge is 0.309 e. The van der Waals surface area contributed by atoms with Gasteiger partial charge in [-0.05, 0) is 34.0 Å². The van der Waals surface area contributed by atoms with Crippen LogP contribution in [0.1, 0.15) is 42.2 Å². The van der Waals surface area contributed by atoms with Crippen LogP contribution in [0.3, 0.4) is 0 Å². The van der Waals surface area contributed by atoms with Crippen LogP contribution in [0.4, 0.5) is 0 Å². The summed E-state index contributed by atoms with van der Waals surface area (Å²) < 4.78 is 0. The number of nitrogens with zero attached hydrogens (tertiary/aromatic N) is 3. The van der Waals surface area contributed by atoms with E-state index in [0.717, 1.165) is 26.2 Å². The number of hydrogen-bond acceptors (Lipinski definition) is 5. The van der Waals surface area contributed by atoms with E-state index in [0.29, 0.717) is 12.1 Å². The molecule has 0 radical (unpaired) electrons. The molecule has 1 aliphatic rings. The average Bonchev–Trinajstić information content (AvgIpc) is 2.88. The Morgan fingerprint density at radius 2 is 2.26 bits per heavy atom. The molecule has 19 heavy (non-hydrogen) atoms. The molecule has 0 amide bonds. The predicted molar refractivity (Wildman–Crippen MR) is 81.7 cm³/mol. The Balaban J connectivity index is 2.03. The topological polar surface area (TPSA) is 31.4 Å². The van der Waals surface area contributed by atoms with Gasteiger partial charge in [-0.2, -0.15) is 0 Å². The number of hydrogen-bond donors (Lipinski definition) is 1. The van der Waals surface area contributed by atoms with Crippen molar-refractivity contribution in [1.29, 1.82) is 0 Å². The summed E-state index contributed by atoms with van der Waals surface area (Å²) in [6.07, 6.45) is 3.22. The van der Waals surface area contributed by atoms with Gasteiger partial charge in [0, 0.05) is 36.8 Å². The minimum absolute atomic E-state index is 0.415. The Morgan fingerprint density at radius 1 is 1.47 bits per heavy atom. The van der Waals surface area contributed by atoms with Crippen molar-refractivity contribution in [3.8, 4) is 0 Å². The van der Waals surface area contributed by atoms with Crippen LogP contribution in [-0.2, 0) is 0 Å². The van der Waals surface area contributed by atoms with Crippen molar-refractivity contribution in [2.75, 3.05) is 40.3 Å². The van der Waals surface area contributed by atoms with E-state index in [4.69, 9.17) is 0 Å². The maximum atomic E-state index is 4.66. The summed E-state index contributed by atoms with van der Waals surface area (Å²) in [6.45, 7) is 8.86. The van der Waals surface area contributed by atoms with Crippen LogP contribution in [-0.4, -0.2) is 55.1 Å². The maximum absolute atomic E-state index is 4.66. The second-order valence-corrected chi connectivity index (χ2v) is 6.63. The fraction of sp³-hybridized carbons (Fsp3) is 0.786. The SMILES string of the molecule is CCCNC(C)c1cnc(C2CN(C)CCN2C)s1. The van der Waals surface area contributed by atoms with E-state index in [1.54, 1.807) is 0 Å². The molecule has 0 saturated carbocycles. The van der Waals surface area contributed by atoms with Crippen molar-refractivity contribution < 1.29 is 0 Å². The zero-order chi connectivity index (χ0) is 13.8. The second-order valence-electron chi connectivity index (χ2n) is 5.54. The first-order valence-corrected chi connectivity index (χ1v) is 8.01. The summed E-state index contributed by atoms with van der Waals surface area (Å²) in [5, 5.41) is 4.79. The van der Waals surface area contributed by atoms with Crippen molar-refractivity contribution in [2.24, 2.45) is 0 Å². The molecule has 1 fully saturated rings. The highest BCUT2D eigenvalue weighted by Gasteiger charge is 2.26. The molecule has 1 aromatic heterocycles. The number of piperazine rings is 1. The van der Waals surface area contributed by atoms with Crippen LogP contribution >= 0.6 is 11.3 Å². The van der Waals surface area contributed by atoms with Gasteiger partial charge < -0.3 is 10.2 Å². The van der Waals surface area contributed by atoms with Crippen molar-refractivity contribution in [3.63, 3.8) is 0 Å². The first-order valence-electron chi connectivity index (χ1n) is 7.19. The minimum Gasteiger partial charge on any atom is -0.309 e. The molecule has 0 aromatic carbocycles.